The first-order chi connectivity index (χ1) is 13.2. The van der Waals surface area contributed by atoms with Crippen molar-refractivity contribution in [3.05, 3.63) is 58.7 Å². The second-order valence-corrected chi connectivity index (χ2v) is 7.67. The zero-order valence-electron chi connectivity index (χ0n) is 15.7. The Kier molecular flexibility index (Phi) is 3.86. The van der Waals surface area contributed by atoms with Crippen LogP contribution < -0.4 is 10.1 Å². The first-order valence-corrected chi connectivity index (χ1v) is 9.58. The Hall–Kier alpha value is -2.53. The SMILES string of the molecule is COC(=O)c1c(OC)ccc2c1CC1C3Nc4ccccc4C3CCN1C2. The largest absolute Gasteiger partial charge is 0.496 e. The average Bonchev–Trinajstić information content (AvgIpc) is 3.10. The molecule has 3 aliphatic heterocycles. The number of hydrogen-bond donors (Lipinski definition) is 1. The predicted octanol–water partition coefficient (Wildman–Crippen LogP) is 3.19. The fraction of sp³-hybridized carbons (Fsp3) is 0.409. The van der Waals surface area contributed by atoms with Crippen LogP contribution in [0.1, 0.15) is 39.4 Å². The van der Waals surface area contributed by atoms with Crippen molar-refractivity contribution in [2.45, 2.75) is 37.4 Å². The van der Waals surface area contributed by atoms with Crippen LogP contribution in [-0.4, -0.2) is 43.7 Å². The Labute approximate surface area is 159 Å². The molecule has 5 rings (SSSR count). The summed E-state index contributed by atoms with van der Waals surface area (Å²) in [7, 11) is 3.04. The van der Waals surface area contributed by atoms with Crippen LogP contribution in [-0.2, 0) is 17.7 Å². The van der Waals surface area contributed by atoms with Gasteiger partial charge in [-0.1, -0.05) is 24.3 Å². The highest BCUT2D eigenvalue weighted by atomic mass is 16.5. The molecular weight excluding hydrogens is 340 g/mol. The lowest BCUT2D eigenvalue weighted by atomic mass is 9.77. The number of ether oxygens (including phenoxy) is 2. The first-order valence-electron chi connectivity index (χ1n) is 9.58. The van der Waals surface area contributed by atoms with E-state index in [-0.39, 0.29) is 5.97 Å². The van der Waals surface area contributed by atoms with Gasteiger partial charge in [-0.25, -0.2) is 4.79 Å². The molecular formula is C22H24N2O3. The number of nitrogens with zero attached hydrogens (tertiary/aromatic N) is 1. The number of nitrogens with one attached hydrogen (secondary N) is 1. The van der Waals surface area contributed by atoms with Gasteiger partial charge in [0, 0.05) is 30.2 Å². The molecule has 1 fully saturated rings. The number of rotatable bonds is 2. The summed E-state index contributed by atoms with van der Waals surface area (Å²) in [5.74, 6) is 0.826. The maximum Gasteiger partial charge on any atom is 0.341 e. The number of carbonyl (C=O) groups is 1. The van der Waals surface area contributed by atoms with Crippen LogP contribution in [0.25, 0.3) is 0 Å². The lowest BCUT2D eigenvalue weighted by Gasteiger charge is -2.46. The molecule has 27 heavy (non-hydrogen) atoms. The molecule has 0 radical (unpaired) electrons. The highest BCUT2D eigenvalue weighted by Gasteiger charge is 2.45. The van der Waals surface area contributed by atoms with Gasteiger partial charge in [-0.05, 0) is 48.2 Å². The van der Waals surface area contributed by atoms with Crippen LogP contribution in [0.2, 0.25) is 0 Å². The summed E-state index contributed by atoms with van der Waals surface area (Å²) in [4.78, 5) is 15.1. The number of methoxy groups -OCH3 is 2. The van der Waals surface area contributed by atoms with Crippen LogP contribution in [0, 0.1) is 0 Å². The summed E-state index contributed by atoms with van der Waals surface area (Å²) in [6.45, 7) is 1.95. The third-order valence-corrected chi connectivity index (χ3v) is 6.49. The lowest BCUT2D eigenvalue weighted by molar-refractivity contribution is 0.0590. The third kappa shape index (κ3) is 2.45. The second kappa shape index (κ2) is 6.27. The minimum atomic E-state index is -0.313. The number of hydrogen-bond acceptors (Lipinski definition) is 5. The van der Waals surface area contributed by atoms with Crippen LogP contribution in [0.3, 0.4) is 0 Å². The monoisotopic (exact) mass is 364 g/mol. The number of anilines is 1. The van der Waals surface area contributed by atoms with E-state index in [1.165, 1.54) is 30.3 Å². The van der Waals surface area contributed by atoms with Crippen molar-refractivity contribution in [3.8, 4) is 5.75 Å². The molecule has 2 aromatic carbocycles. The van der Waals surface area contributed by atoms with Gasteiger partial charge >= 0.3 is 5.97 Å². The molecule has 0 spiro atoms. The Morgan fingerprint density at radius 2 is 2.04 bits per heavy atom. The van der Waals surface area contributed by atoms with Gasteiger partial charge in [-0.2, -0.15) is 0 Å². The number of carbonyl (C=O) groups excluding carboxylic acids is 1. The molecule has 5 heteroatoms. The number of esters is 1. The summed E-state index contributed by atoms with van der Waals surface area (Å²) in [6, 6.07) is 13.4. The quantitative estimate of drug-likeness (QED) is 0.830. The van der Waals surface area contributed by atoms with Crippen molar-refractivity contribution in [3.63, 3.8) is 0 Å². The van der Waals surface area contributed by atoms with Crippen molar-refractivity contribution in [1.29, 1.82) is 0 Å². The zero-order chi connectivity index (χ0) is 18.5. The summed E-state index contributed by atoms with van der Waals surface area (Å²) in [5.41, 5.74) is 5.59. The minimum absolute atomic E-state index is 0.313. The number of para-hydroxylation sites is 1. The molecule has 0 bridgehead atoms. The average molecular weight is 364 g/mol. The number of piperidine rings is 1. The van der Waals surface area contributed by atoms with Crippen LogP contribution in [0.15, 0.2) is 36.4 Å². The van der Waals surface area contributed by atoms with Crippen LogP contribution >= 0.6 is 0 Å². The van der Waals surface area contributed by atoms with Crippen molar-refractivity contribution < 1.29 is 14.3 Å². The normalized spacial score (nSPS) is 25.5. The molecule has 3 heterocycles. The number of fused-ring (bicyclic) bond motifs is 6. The molecule has 3 atom stereocenters. The summed E-state index contributed by atoms with van der Waals surface area (Å²) in [6.07, 6.45) is 2.00. The Morgan fingerprint density at radius 3 is 2.85 bits per heavy atom. The van der Waals surface area contributed by atoms with Gasteiger partial charge in [0.1, 0.15) is 11.3 Å². The maximum atomic E-state index is 12.5. The molecule has 0 aliphatic carbocycles. The molecule has 0 saturated carbocycles. The fourth-order valence-corrected chi connectivity index (χ4v) is 5.25. The van der Waals surface area contributed by atoms with E-state index >= 15 is 0 Å². The molecule has 1 saturated heterocycles. The maximum absolute atomic E-state index is 12.5. The van der Waals surface area contributed by atoms with E-state index in [2.05, 4.69) is 40.5 Å². The molecule has 3 aliphatic rings. The van der Waals surface area contributed by atoms with Gasteiger partial charge in [0.15, 0.2) is 0 Å². The van der Waals surface area contributed by atoms with E-state index in [0.29, 0.717) is 29.3 Å². The van der Waals surface area contributed by atoms with Crippen LogP contribution in [0.4, 0.5) is 5.69 Å². The molecule has 0 amide bonds. The predicted molar refractivity (Wildman–Crippen MR) is 103 cm³/mol. The Morgan fingerprint density at radius 1 is 1.19 bits per heavy atom. The van der Waals surface area contributed by atoms with Crippen molar-refractivity contribution >= 4 is 11.7 Å². The second-order valence-electron chi connectivity index (χ2n) is 7.67. The van der Waals surface area contributed by atoms with Gasteiger partial charge < -0.3 is 14.8 Å². The van der Waals surface area contributed by atoms with E-state index in [0.717, 1.165) is 25.1 Å². The molecule has 1 N–H and O–H groups in total. The highest BCUT2D eigenvalue weighted by Crippen LogP contribution is 2.46. The Balaban J connectivity index is 1.55. The number of benzene rings is 2. The summed E-state index contributed by atoms with van der Waals surface area (Å²) in [5, 5.41) is 3.77. The summed E-state index contributed by atoms with van der Waals surface area (Å²) < 4.78 is 10.5. The molecule has 0 aromatic heterocycles. The topological polar surface area (TPSA) is 50.8 Å². The smallest absolute Gasteiger partial charge is 0.341 e. The van der Waals surface area contributed by atoms with E-state index in [9.17, 15) is 4.79 Å². The lowest BCUT2D eigenvalue weighted by Crippen LogP contribution is -2.55. The van der Waals surface area contributed by atoms with E-state index < -0.39 is 0 Å². The van der Waals surface area contributed by atoms with Crippen LogP contribution in [0.5, 0.6) is 5.75 Å². The van der Waals surface area contributed by atoms with E-state index in [1.54, 1.807) is 7.11 Å². The molecule has 140 valence electrons. The molecule has 2 aromatic rings. The van der Waals surface area contributed by atoms with E-state index in [4.69, 9.17) is 9.47 Å². The van der Waals surface area contributed by atoms with Gasteiger partial charge in [-0.15, -0.1) is 0 Å². The van der Waals surface area contributed by atoms with Gasteiger partial charge in [-0.3, -0.25) is 4.90 Å². The highest BCUT2D eigenvalue weighted by molar-refractivity contribution is 5.94. The van der Waals surface area contributed by atoms with Crippen molar-refractivity contribution in [2.75, 3.05) is 26.1 Å². The van der Waals surface area contributed by atoms with Crippen molar-refractivity contribution in [2.24, 2.45) is 0 Å². The minimum Gasteiger partial charge on any atom is -0.496 e. The van der Waals surface area contributed by atoms with Gasteiger partial charge in [0.25, 0.3) is 0 Å². The van der Waals surface area contributed by atoms with Gasteiger partial charge in [0.05, 0.1) is 14.2 Å². The standard InChI is InChI=1S/C22H24N2O3/c1-26-19-8-7-13-12-24-10-9-15-14-5-3-4-6-17(14)23-21(15)18(24)11-16(13)20(19)22(25)27-2/h3-8,15,18,21,23H,9-12H2,1-2H3. The van der Waals surface area contributed by atoms with E-state index in [1.807, 2.05) is 6.07 Å². The fourth-order valence-electron chi connectivity index (χ4n) is 5.25. The third-order valence-electron chi connectivity index (χ3n) is 6.49. The zero-order valence-corrected chi connectivity index (χ0v) is 15.7. The summed E-state index contributed by atoms with van der Waals surface area (Å²) >= 11 is 0. The molecule has 3 unspecified atom stereocenters. The Bertz CT molecular complexity index is 910. The molecule has 5 nitrogen and oxygen atoms in total. The first kappa shape index (κ1) is 16.6. The van der Waals surface area contributed by atoms with Crippen molar-refractivity contribution in [1.82, 2.24) is 4.90 Å². The van der Waals surface area contributed by atoms with Gasteiger partial charge in [0.2, 0.25) is 0 Å².